The van der Waals surface area contributed by atoms with Crippen molar-refractivity contribution < 1.29 is 5.11 Å². The summed E-state index contributed by atoms with van der Waals surface area (Å²) in [6, 6.07) is 8.87. The van der Waals surface area contributed by atoms with Crippen molar-refractivity contribution in [1.29, 1.82) is 0 Å². The van der Waals surface area contributed by atoms with Crippen LogP contribution in [0, 0.1) is 0 Å². The van der Waals surface area contributed by atoms with E-state index in [1.165, 1.54) is 5.56 Å². The molecule has 0 amide bonds. The first-order valence-corrected chi connectivity index (χ1v) is 7.11. The van der Waals surface area contributed by atoms with Crippen LogP contribution >= 0.6 is 0 Å². The van der Waals surface area contributed by atoms with Gasteiger partial charge in [-0.05, 0) is 30.0 Å². The lowest BCUT2D eigenvalue weighted by molar-refractivity contribution is 0.0176. The van der Waals surface area contributed by atoms with Crippen molar-refractivity contribution >= 4 is 0 Å². The highest BCUT2D eigenvalue weighted by atomic mass is 16.3. The molecule has 2 unspecified atom stereocenters. The summed E-state index contributed by atoms with van der Waals surface area (Å²) in [6.07, 6.45) is 0.626. The second-order valence-electron chi connectivity index (χ2n) is 6.51. The lowest BCUT2D eigenvalue weighted by atomic mass is 9.86. The molecule has 0 aromatic heterocycles. The van der Waals surface area contributed by atoms with E-state index in [0.717, 1.165) is 25.1 Å². The van der Waals surface area contributed by atoms with Gasteiger partial charge in [0.25, 0.3) is 0 Å². The van der Waals surface area contributed by atoms with Gasteiger partial charge in [-0.1, -0.05) is 45.0 Å². The summed E-state index contributed by atoms with van der Waals surface area (Å²) in [5, 5.41) is 13.7. The van der Waals surface area contributed by atoms with E-state index in [9.17, 15) is 5.11 Å². The first-order valence-electron chi connectivity index (χ1n) is 7.11. The number of rotatable bonds is 3. The molecule has 3 heteroatoms. The average molecular weight is 262 g/mol. The molecule has 0 spiro atoms. The molecule has 1 aliphatic heterocycles. The Balaban J connectivity index is 2.06. The zero-order valence-electron chi connectivity index (χ0n) is 12.5. The molecule has 2 N–H and O–H groups in total. The topological polar surface area (TPSA) is 35.5 Å². The quantitative estimate of drug-likeness (QED) is 0.877. The first kappa shape index (κ1) is 14.5. The van der Waals surface area contributed by atoms with E-state index < -0.39 is 6.23 Å². The van der Waals surface area contributed by atoms with Gasteiger partial charge < -0.3 is 10.4 Å². The minimum Gasteiger partial charge on any atom is -0.374 e. The molecule has 1 saturated heterocycles. The third-order valence-electron chi connectivity index (χ3n) is 4.05. The number of hydrogen-bond acceptors (Lipinski definition) is 3. The SMILES string of the molecule is CNC1CCN(C(O)c2ccc(C(C)(C)C)cc2)C1. The Morgan fingerprint density at radius 2 is 1.89 bits per heavy atom. The minimum atomic E-state index is -0.479. The average Bonchev–Trinajstić information content (AvgIpc) is 2.86. The summed E-state index contributed by atoms with van der Waals surface area (Å²) in [7, 11) is 1.98. The van der Waals surface area contributed by atoms with E-state index in [4.69, 9.17) is 0 Å². The van der Waals surface area contributed by atoms with Crippen molar-refractivity contribution in [2.24, 2.45) is 0 Å². The van der Waals surface area contributed by atoms with Gasteiger partial charge in [-0.15, -0.1) is 0 Å². The number of nitrogens with one attached hydrogen (secondary N) is 1. The molecule has 1 aromatic carbocycles. The van der Waals surface area contributed by atoms with Crippen molar-refractivity contribution in [2.75, 3.05) is 20.1 Å². The lowest BCUT2D eigenvalue weighted by Crippen LogP contribution is -2.32. The molecule has 19 heavy (non-hydrogen) atoms. The van der Waals surface area contributed by atoms with Crippen LogP contribution in [0.15, 0.2) is 24.3 Å². The highest BCUT2D eigenvalue weighted by molar-refractivity contribution is 5.28. The largest absolute Gasteiger partial charge is 0.374 e. The molecule has 2 rings (SSSR count). The maximum atomic E-state index is 10.4. The highest BCUT2D eigenvalue weighted by Crippen LogP contribution is 2.26. The van der Waals surface area contributed by atoms with Crippen LogP contribution in [0.2, 0.25) is 0 Å². The molecule has 0 radical (unpaired) electrons. The predicted molar refractivity (Wildman–Crippen MR) is 79.1 cm³/mol. The van der Waals surface area contributed by atoms with Gasteiger partial charge in [0.15, 0.2) is 0 Å². The molecule has 1 heterocycles. The van der Waals surface area contributed by atoms with Gasteiger partial charge in [0.2, 0.25) is 0 Å². The molecule has 106 valence electrons. The number of aliphatic hydroxyl groups is 1. The van der Waals surface area contributed by atoms with Crippen molar-refractivity contribution in [3.63, 3.8) is 0 Å². The monoisotopic (exact) mass is 262 g/mol. The Labute approximate surface area is 116 Å². The minimum absolute atomic E-state index is 0.161. The first-order chi connectivity index (χ1) is 8.91. The zero-order chi connectivity index (χ0) is 14.0. The van der Waals surface area contributed by atoms with E-state index in [0.29, 0.717) is 6.04 Å². The Hall–Kier alpha value is -0.900. The maximum absolute atomic E-state index is 10.4. The number of benzene rings is 1. The summed E-state index contributed by atoms with van der Waals surface area (Å²) in [6.45, 7) is 8.48. The van der Waals surface area contributed by atoms with Crippen LogP contribution in [-0.4, -0.2) is 36.2 Å². The van der Waals surface area contributed by atoms with Gasteiger partial charge in [-0.3, -0.25) is 4.90 Å². The fraction of sp³-hybridized carbons (Fsp3) is 0.625. The third-order valence-corrected chi connectivity index (χ3v) is 4.05. The number of aliphatic hydroxyl groups excluding tert-OH is 1. The third kappa shape index (κ3) is 3.35. The van der Waals surface area contributed by atoms with Crippen LogP contribution in [0.3, 0.4) is 0 Å². The highest BCUT2D eigenvalue weighted by Gasteiger charge is 2.27. The number of hydrogen-bond donors (Lipinski definition) is 2. The van der Waals surface area contributed by atoms with Crippen molar-refractivity contribution in [1.82, 2.24) is 10.2 Å². The molecular weight excluding hydrogens is 236 g/mol. The molecule has 2 atom stereocenters. The molecule has 1 aromatic rings. The fourth-order valence-corrected chi connectivity index (χ4v) is 2.61. The molecule has 1 fully saturated rings. The van der Waals surface area contributed by atoms with Crippen molar-refractivity contribution in [2.45, 2.75) is 44.9 Å². The summed E-state index contributed by atoms with van der Waals surface area (Å²) in [5.74, 6) is 0. The molecular formula is C16H26N2O. The normalized spacial score (nSPS) is 22.7. The number of nitrogens with zero attached hydrogens (tertiary/aromatic N) is 1. The Morgan fingerprint density at radius 1 is 1.26 bits per heavy atom. The Morgan fingerprint density at radius 3 is 2.37 bits per heavy atom. The van der Waals surface area contributed by atoms with Crippen molar-refractivity contribution in [3.05, 3.63) is 35.4 Å². The summed E-state index contributed by atoms with van der Waals surface area (Å²) in [4.78, 5) is 2.13. The van der Waals surface area contributed by atoms with Gasteiger partial charge in [0.05, 0.1) is 0 Å². The van der Waals surface area contributed by atoms with E-state index >= 15 is 0 Å². The standard InChI is InChI=1S/C16H26N2O/c1-16(2,3)13-7-5-12(6-8-13)15(19)18-10-9-14(11-18)17-4/h5-8,14-15,17,19H,9-11H2,1-4H3. The second kappa shape index (κ2) is 5.61. The number of likely N-dealkylation sites (tertiary alicyclic amines) is 1. The van der Waals surface area contributed by atoms with Crippen LogP contribution in [0.4, 0.5) is 0 Å². The van der Waals surface area contributed by atoms with Gasteiger partial charge in [-0.25, -0.2) is 0 Å². The van der Waals surface area contributed by atoms with E-state index in [1.54, 1.807) is 0 Å². The van der Waals surface area contributed by atoms with E-state index in [2.05, 4.69) is 55.3 Å². The smallest absolute Gasteiger partial charge is 0.133 e. The van der Waals surface area contributed by atoms with Gasteiger partial charge in [-0.2, -0.15) is 0 Å². The molecule has 3 nitrogen and oxygen atoms in total. The van der Waals surface area contributed by atoms with Crippen LogP contribution in [0.25, 0.3) is 0 Å². The van der Waals surface area contributed by atoms with Crippen molar-refractivity contribution in [3.8, 4) is 0 Å². The van der Waals surface area contributed by atoms with Gasteiger partial charge >= 0.3 is 0 Å². The molecule has 1 aliphatic rings. The van der Waals surface area contributed by atoms with Crippen LogP contribution in [0.1, 0.15) is 44.5 Å². The summed E-state index contributed by atoms with van der Waals surface area (Å²) in [5.41, 5.74) is 2.46. The second-order valence-corrected chi connectivity index (χ2v) is 6.51. The lowest BCUT2D eigenvalue weighted by Gasteiger charge is -2.25. The Kier molecular flexibility index (Phi) is 4.29. The number of likely N-dealkylation sites (N-methyl/N-ethyl adjacent to an activating group) is 1. The summed E-state index contributed by atoms with van der Waals surface area (Å²) < 4.78 is 0. The van der Waals surface area contributed by atoms with Crippen LogP contribution in [-0.2, 0) is 5.41 Å². The Bertz CT molecular complexity index is 408. The molecule has 0 aliphatic carbocycles. The van der Waals surface area contributed by atoms with Gasteiger partial charge in [0, 0.05) is 19.1 Å². The maximum Gasteiger partial charge on any atom is 0.133 e. The van der Waals surface area contributed by atoms with E-state index in [1.807, 2.05) is 7.05 Å². The summed E-state index contributed by atoms with van der Waals surface area (Å²) >= 11 is 0. The fourth-order valence-electron chi connectivity index (χ4n) is 2.61. The van der Waals surface area contributed by atoms with Gasteiger partial charge in [0.1, 0.15) is 6.23 Å². The van der Waals surface area contributed by atoms with Crippen LogP contribution < -0.4 is 5.32 Å². The zero-order valence-corrected chi connectivity index (χ0v) is 12.5. The predicted octanol–water partition coefficient (Wildman–Crippen LogP) is 2.27. The van der Waals surface area contributed by atoms with Crippen LogP contribution in [0.5, 0.6) is 0 Å². The van der Waals surface area contributed by atoms with E-state index in [-0.39, 0.29) is 5.41 Å². The molecule has 0 saturated carbocycles. The molecule has 0 bridgehead atoms.